The Kier molecular flexibility index (Phi) is 3.00. The topological polar surface area (TPSA) is 93.2 Å². The Morgan fingerprint density at radius 1 is 1.63 bits per heavy atom. The summed E-state index contributed by atoms with van der Waals surface area (Å²) in [5.74, 6) is 0.934. The van der Waals surface area contributed by atoms with Crippen molar-refractivity contribution in [3.8, 4) is 0 Å². The Labute approximate surface area is 113 Å². The number of anilines is 2. The zero-order chi connectivity index (χ0) is 13.4. The predicted octanol–water partition coefficient (Wildman–Crippen LogP) is 0.993. The van der Waals surface area contributed by atoms with E-state index in [1.807, 2.05) is 17.5 Å². The van der Waals surface area contributed by atoms with E-state index in [1.165, 1.54) is 0 Å². The Hall–Kier alpha value is -1.86. The molecular weight excluding hydrogens is 264 g/mol. The maximum atomic E-state index is 11.8. The molecule has 0 unspecified atom stereocenters. The largest absolute Gasteiger partial charge is 0.394 e. The first-order valence-electron chi connectivity index (χ1n) is 6.01. The number of amides is 1. The fourth-order valence-electron chi connectivity index (χ4n) is 2.43. The van der Waals surface area contributed by atoms with Crippen LogP contribution in [0.1, 0.15) is 22.8 Å². The Morgan fingerprint density at radius 3 is 3.16 bits per heavy atom. The number of nitrogens with one attached hydrogen (secondary N) is 1. The van der Waals surface area contributed by atoms with E-state index in [0.717, 1.165) is 10.4 Å². The Morgan fingerprint density at radius 2 is 2.47 bits per heavy atom. The molecule has 0 radical (unpaired) electrons. The lowest BCUT2D eigenvalue weighted by Crippen LogP contribution is -2.25. The molecule has 3 heterocycles. The summed E-state index contributed by atoms with van der Waals surface area (Å²) in [6.45, 7) is 0.268. The minimum Gasteiger partial charge on any atom is -0.394 e. The molecule has 0 fully saturated rings. The van der Waals surface area contributed by atoms with Gasteiger partial charge in [-0.05, 0) is 11.4 Å². The molecule has 7 heteroatoms. The molecular formula is C12H14N4O2S. The average Bonchev–Trinajstić information content (AvgIpc) is 2.99. The molecule has 0 spiro atoms. The molecule has 1 atom stereocenters. The van der Waals surface area contributed by atoms with Crippen molar-refractivity contribution in [1.29, 1.82) is 0 Å². The SMILES string of the molecule is Nc1nn(CCO)c2c1[C@H](c1cccs1)CC(=O)N2. The second-order valence-corrected chi connectivity index (χ2v) is 5.39. The fraction of sp³-hybridized carbons (Fsp3) is 0.333. The van der Waals surface area contributed by atoms with Crippen LogP contribution in [0.5, 0.6) is 0 Å². The number of nitrogens with zero attached hydrogens (tertiary/aromatic N) is 2. The second-order valence-electron chi connectivity index (χ2n) is 4.41. The molecule has 1 aliphatic rings. The average molecular weight is 278 g/mol. The minimum absolute atomic E-state index is 0.0452. The molecule has 0 aliphatic carbocycles. The number of aliphatic hydroxyl groups excluding tert-OH is 1. The van der Waals surface area contributed by atoms with Crippen LogP contribution in [-0.4, -0.2) is 27.4 Å². The highest BCUT2D eigenvalue weighted by molar-refractivity contribution is 7.10. The van der Waals surface area contributed by atoms with Crippen LogP contribution in [0.3, 0.4) is 0 Å². The maximum absolute atomic E-state index is 11.8. The lowest BCUT2D eigenvalue weighted by molar-refractivity contribution is -0.116. The summed E-state index contributed by atoms with van der Waals surface area (Å²) >= 11 is 1.60. The quantitative estimate of drug-likeness (QED) is 0.780. The molecule has 2 aromatic heterocycles. The van der Waals surface area contributed by atoms with E-state index in [2.05, 4.69) is 10.4 Å². The number of hydrogen-bond donors (Lipinski definition) is 3. The highest BCUT2D eigenvalue weighted by Gasteiger charge is 2.33. The van der Waals surface area contributed by atoms with E-state index >= 15 is 0 Å². The number of carbonyl (C=O) groups excluding carboxylic acids is 1. The molecule has 0 bridgehead atoms. The van der Waals surface area contributed by atoms with Crippen molar-refractivity contribution in [3.05, 3.63) is 28.0 Å². The number of hydrogen-bond acceptors (Lipinski definition) is 5. The Bertz CT molecular complexity index is 606. The first kappa shape index (κ1) is 12.2. The van der Waals surface area contributed by atoms with Gasteiger partial charge in [0.1, 0.15) is 5.82 Å². The molecule has 100 valence electrons. The van der Waals surface area contributed by atoms with Crippen LogP contribution in [-0.2, 0) is 11.3 Å². The number of aromatic nitrogens is 2. The van der Waals surface area contributed by atoms with Gasteiger partial charge in [-0.25, -0.2) is 4.68 Å². The van der Waals surface area contributed by atoms with Gasteiger partial charge in [-0.2, -0.15) is 5.10 Å². The normalized spacial score (nSPS) is 18.2. The summed E-state index contributed by atoms with van der Waals surface area (Å²) < 4.78 is 1.56. The van der Waals surface area contributed by atoms with Crippen LogP contribution in [0.15, 0.2) is 17.5 Å². The number of rotatable bonds is 3. The van der Waals surface area contributed by atoms with Crippen LogP contribution < -0.4 is 11.1 Å². The highest BCUT2D eigenvalue weighted by atomic mass is 32.1. The molecule has 4 N–H and O–H groups in total. The Balaban J connectivity index is 2.10. The number of carbonyl (C=O) groups is 1. The van der Waals surface area contributed by atoms with Gasteiger partial charge < -0.3 is 16.2 Å². The van der Waals surface area contributed by atoms with E-state index in [9.17, 15) is 4.79 Å². The van der Waals surface area contributed by atoms with Gasteiger partial charge in [-0.1, -0.05) is 6.07 Å². The minimum atomic E-state index is -0.0509. The van der Waals surface area contributed by atoms with Crippen LogP contribution in [0.25, 0.3) is 0 Å². The van der Waals surface area contributed by atoms with Gasteiger partial charge in [0.05, 0.1) is 13.2 Å². The molecule has 0 aromatic carbocycles. The third kappa shape index (κ3) is 2.00. The third-order valence-electron chi connectivity index (χ3n) is 3.21. The molecule has 1 aliphatic heterocycles. The molecule has 0 saturated carbocycles. The van der Waals surface area contributed by atoms with E-state index < -0.39 is 0 Å². The van der Waals surface area contributed by atoms with Gasteiger partial charge in [0.15, 0.2) is 5.82 Å². The van der Waals surface area contributed by atoms with Gasteiger partial charge in [0, 0.05) is 22.8 Å². The van der Waals surface area contributed by atoms with Crippen molar-refractivity contribution in [1.82, 2.24) is 9.78 Å². The van der Waals surface area contributed by atoms with Crippen molar-refractivity contribution < 1.29 is 9.90 Å². The number of thiophene rings is 1. The van der Waals surface area contributed by atoms with Gasteiger partial charge in [0.2, 0.25) is 5.91 Å². The number of nitrogen functional groups attached to an aromatic ring is 1. The molecule has 0 saturated heterocycles. The molecule has 2 aromatic rings. The summed E-state index contributed by atoms with van der Waals surface area (Å²) in [6.07, 6.45) is 0.378. The van der Waals surface area contributed by atoms with Crippen molar-refractivity contribution in [3.63, 3.8) is 0 Å². The summed E-state index contributed by atoms with van der Waals surface area (Å²) in [7, 11) is 0. The predicted molar refractivity (Wildman–Crippen MR) is 73.1 cm³/mol. The zero-order valence-corrected chi connectivity index (χ0v) is 11.0. The third-order valence-corrected chi connectivity index (χ3v) is 4.20. The fourth-order valence-corrected chi connectivity index (χ4v) is 3.27. The first-order valence-corrected chi connectivity index (χ1v) is 6.89. The van der Waals surface area contributed by atoms with Crippen molar-refractivity contribution in [2.24, 2.45) is 0 Å². The van der Waals surface area contributed by atoms with E-state index in [-0.39, 0.29) is 18.4 Å². The van der Waals surface area contributed by atoms with E-state index in [4.69, 9.17) is 10.8 Å². The highest BCUT2D eigenvalue weighted by Crippen LogP contribution is 2.41. The second kappa shape index (κ2) is 4.67. The van der Waals surface area contributed by atoms with Crippen LogP contribution in [0.4, 0.5) is 11.6 Å². The van der Waals surface area contributed by atoms with Crippen molar-refractivity contribution >= 4 is 28.9 Å². The summed E-state index contributed by atoms with van der Waals surface area (Å²) in [5.41, 5.74) is 6.83. The van der Waals surface area contributed by atoms with Crippen molar-refractivity contribution in [2.45, 2.75) is 18.9 Å². The molecule has 1 amide bonds. The van der Waals surface area contributed by atoms with Gasteiger partial charge in [0.25, 0.3) is 0 Å². The summed E-state index contributed by atoms with van der Waals surface area (Å²) in [4.78, 5) is 12.9. The van der Waals surface area contributed by atoms with E-state index in [1.54, 1.807) is 16.0 Å². The van der Waals surface area contributed by atoms with Crippen LogP contribution in [0, 0.1) is 0 Å². The van der Waals surface area contributed by atoms with Gasteiger partial charge >= 0.3 is 0 Å². The number of nitrogens with two attached hydrogens (primary N) is 1. The van der Waals surface area contributed by atoms with E-state index in [0.29, 0.717) is 24.6 Å². The zero-order valence-electron chi connectivity index (χ0n) is 10.2. The summed E-state index contributed by atoms with van der Waals surface area (Å²) in [5, 5.41) is 18.0. The number of aliphatic hydroxyl groups is 1. The standard InChI is InChI=1S/C12H14N4O2S/c13-11-10-7(8-2-1-5-19-8)6-9(18)14-12(10)16(15-11)3-4-17/h1-2,5,7,17H,3-4,6H2,(H2,13,15)(H,14,18)/t7-/m0/s1. The molecule has 19 heavy (non-hydrogen) atoms. The first-order chi connectivity index (χ1) is 9.20. The summed E-state index contributed by atoms with van der Waals surface area (Å²) in [6, 6.07) is 3.96. The lowest BCUT2D eigenvalue weighted by atomic mass is 9.92. The van der Waals surface area contributed by atoms with Gasteiger partial charge in [-0.15, -0.1) is 11.3 Å². The number of fused-ring (bicyclic) bond motifs is 1. The van der Waals surface area contributed by atoms with Crippen LogP contribution in [0.2, 0.25) is 0 Å². The maximum Gasteiger partial charge on any atom is 0.226 e. The van der Waals surface area contributed by atoms with Crippen molar-refractivity contribution in [2.75, 3.05) is 17.7 Å². The molecule has 3 rings (SSSR count). The molecule has 6 nitrogen and oxygen atoms in total. The lowest BCUT2D eigenvalue weighted by Gasteiger charge is -2.22. The smallest absolute Gasteiger partial charge is 0.226 e. The van der Waals surface area contributed by atoms with Crippen LogP contribution >= 0.6 is 11.3 Å². The monoisotopic (exact) mass is 278 g/mol. The van der Waals surface area contributed by atoms with Gasteiger partial charge in [-0.3, -0.25) is 4.79 Å².